The number of halogens is 2. The standard InChI is InChI=1S/C12H9Cl2N5O2/c13-6-1-2-8(7(14)3-6)16-11(21)9-4-10(20)17-12-18-15-5-19(9)12/h1-3,5,9H,4H2,(H,16,21)(H,17,18,20)/t9-/m0/s1. The van der Waals surface area contributed by atoms with E-state index in [1.807, 2.05) is 0 Å². The van der Waals surface area contributed by atoms with E-state index in [2.05, 4.69) is 20.8 Å². The van der Waals surface area contributed by atoms with Gasteiger partial charge in [0.05, 0.1) is 17.1 Å². The zero-order valence-electron chi connectivity index (χ0n) is 10.5. The van der Waals surface area contributed by atoms with E-state index < -0.39 is 6.04 Å². The van der Waals surface area contributed by atoms with E-state index in [-0.39, 0.29) is 24.2 Å². The van der Waals surface area contributed by atoms with Crippen molar-refractivity contribution in [3.8, 4) is 0 Å². The molecule has 1 aliphatic rings. The fourth-order valence-corrected chi connectivity index (χ4v) is 2.49. The number of hydrogen-bond donors (Lipinski definition) is 2. The SMILES string of the molecule is O=C1C[C@@H](C(=O)Nc2ccc(Cl)cc2Cl)n2cnnc2N1. The Balaban J connectivity index is 1.85. The number of hydrogen-bond acceptors (Lipinski definition) is 4. The predicted octanol–water partition coefficient (Wildman–Crippen LogP) is 2.11. The first kappa shape index (κ1) is 13.8. The van der Waals surface area contributed by atoms with E-state index in [0.717, 1.165) is 0 Å². The molecule has 0 aliphatic carbocycles. The molecule has 0 unspecified atom stereocenters. The lowest BCUT2D eigenvalue weighted by atomic mass is 10.1. The number of nitrogens with one attached hydrogen (secondary N) is 2. The third kappa shape index (κ3) is 2.70. The van der Waals surface area contributed by atoms with Gasteiger partial charge in [0.15, 0.2) is 0 Å². The average molecular weight is 326 g/mol. The number of rotatable bonds is 2. The van der Waals surface area contributed by atoms with Gasteiger partial charge in [-0.1, -0.05) is 23.2 Å². The predicted molar refractivity (Wildman–Crippen MR) is 77.4 cm³/mol. The number of carbonyl (C=O) groups excluding carboxylic acids is 2. The minimum absolute atomic E-state index is 0.00207. The van der Waals surface area contributed by atoms with E-state index in [0.29, 0.717) is 15.7 Å². The summed E-state index contributed by atoms with van der Waals surface area (Å²) in [6.07, 6.45) is 1.39. The molecule has 2 heterocycles. The summed E-state index contributed by atoms with van der Waals surface area (Å²) in [5.74, 6) is -0.429. The van der Waals surface area contributed by atoms with E-state index in [4.69, 9.17) is 23.2 Å². The van der Waals surface area contributed by atoms with Gasteiger partial charge in [-0.3, -0.25) is 19.5 Å². The Labute approximate surface area is 129 Å². The summed E-state index contributed by atoms with van der Waals surface area (Å²) in [5.41, 5.74) is 0.423. The molecule has 2 aromatic rings. The number of aromatic nitrogens is 3. The lowest BCUT2D eigenvalue weighted by Gasteiger charge is -2.23. The summed E-state index contributed by atoms with van der Waals surface area (Å²) in [7, 11) is 0. The molecule has 9 heteroatoms. The van der Waals surface area contributed by atoms with Gasteiger partial charge in [0, 0.05) is 5.02 Å². The molecule has 0 radical (unpaired) electrons. The van der Waals surface area contributed by atoms with Crippen molar-refractivity contribution in [2.24, 2.45) is 0 Å². The zero-order chi connectivity index (χ0) is 15.0. The molecular formula is C12H9Cl2N5O2. The summed E-state index contributed by atoms with van der Waals surface area (Å²) in [5, 5.41) is 13.4. The van der Waals surface area contributed by atoms with Crippen LogP contribution in [0.3, 0.4) is 0 Å². The van der Waals surface area contributed by atoms with Gasteiger partial charge in [-0.25, -0.2) is 0 Å². The zero-order valence-corrected chi connectivity index (χ0v) is 12.0. The number of amides is 2. The lowest BCUT2D eigenvalue weighted by molar-refractivity contribution is -0.125. The van der Waals surface area contributed by atoms with Crippen LogP contribution in [0.5, 0.6) is 0 Å². The Morgan fingerprint density at radius 2 is 2.24 bits per heavy atom. The first-order valence-electron chi connectivity index (χ1n) is 6.00. The number of benzene rings is 1. The van der Waals surface area contributed by atoms with Gasteiger partial charge in [0.1, 0.15) is 12.4 Å². The number of carbonyl (C=O) groups is 2. The molecule has 0 bridgehead atoms. The molecule has 0 spiro atoms. The molecule has 7 nitrogen and oxygen atoms in total. The molecule has 1 aromatic heterocycles. The van der Waals surface area contributed by atoms with Crippen LogP contribution in [-0.4, -0.2) is 26.6 Å². The van der Waals surface area contributed by atoms with E-state index in [1.165, 1.54) is 17.0 Å². The Bertz CT molecular complexity index is 730. The van der Waals surface area contributed by atoms with Crippen LogP contribution < -0.4 is 10.6 Å². The maximum atomic E-state index is 12.4. The second kappa shape index (κ2) is 5.34. The molecule has 2 N–H and O–H groups in total. The Hall–Kier alpha value is -2.12. The largest absolute Gasteiger partial charge is 0.323 e. The molecular weight excluding hydrogens is 317 g/mol. The van der Waals surface area contributed by atoms with E-state index in [1.54, 1.807) is 12.1 Å². The minimum atomic E-state index is -0.726. The lowest BCUT2D eigenvalue weighted by Crippen LogP contribution is -2.35. The summed E-state index contributed by atoms with van der Waals surface area (Å²) in [6, 6.07) is 4.01. The third-order valence-corrected chi connectivity index (χ3v) is 3.58. The second-order valence-corrected chi connectivity index (χ2v) is 5.29. The monoisotopic (exact) mass is 325 g/mol. The highest BCUT2D eigenvalue weighted by molar-refractivity contribution is 6.36. The van der Waals surface area contributed by atoms with Gasteiger partial charge >= 0.3 is 0 Å². The topological polar surface area (TPSA) is 88.9 Å². The smallest absolute Gasteiger partial charge is 0.248 e. The molecule has 108 valence electrons. The van der Waals surface area contributed by atoms with Gasteiger partial charge in [-0.15, -0.1) is 10.2 Å². The van der Waals surface area contributed by atoms with Crippen LogP contribution in [0.15, 0.2) is 24.5 Å². The number of anilines is 2. The van der Waals surface area contributed by atoms with Gasteiger partial charge in [-0.2, -0.15) is 0 Å². The summed E-state index contributed by atoms with van der Waals surface area (Å²) < 4.78 is 1.50. The van der Waals surface area contributed by atoms with Crippen LogP contribution in [0.1, 0.15) is 12.5 Å². The molecule has 3 rings (SSSR count). The van der Waals surface area contributed by atoms with Crippen LogP contribution in [-0.2, 0) is 9.59 Å². The molecule has 0 saturated heterocycles. The van der Waals surface area contributed by atoms with Crippen molar-refractivity contribution in [2.45, 2.75) is 12.5 Å². The highest BCUT2D eigenvalue weighted by Crippen LogP contribution is 2.28. The van der Waals surface area contributed by atoms with Crippen molar-refractivity contribution in [2.75, 3.05) is 10.6 Å². The summed E-state index contributed by atoms with van der Waals surface area (Å²) in [6.45, 7) is 0. The Morgan fingerprint density at radius 1 is 1.43 bits per heavy atom. The molecule has 1 atom stereocenters. The molecule has 2 amide bonds. The van der Waals surface area contributed by atoms with Gasteiger partial charge < -0.3 is 5.32 Å². The number of fused-ring (bicyclic) bond motifs is 1. The van der Waals surface area contributed by atoms with Gasteiger partial charge in [-0.05, 0) is 18.2 Å². The Kier molecular flexibility index (Phi) is 3.52. The fraction of sp³-hybridized carbons (Fsp3) is 0.167. The molecule has 0 saturated carbocycles. The van der Waals surface area contributed by atoms with Crippen LogP contribution in [0.25, 0.3) is 0 Å². The van der Waals surface area contributed by atoms with Crippen LogP contribution >= 0.6 is 23.2 Å². The molecule has 0 fully saturated rings. The first-order chi connectivity index (χ1) is 10.0. The normalized spacial score (nSPS) is 17.0. The van der Waals surface area contributed by atoms with E-state index in [9.17, 15) is 9.59 Å². The minimum Gasteiger partial charge on any atom is -0.323 e. The third-order valence-electron chi connectivity index (χ3n) is 3.03. The molecule has 21 heavy (non-hydrogen) atoms. The van der Waals surface area contributed by atoms with Crippen molar-refractivity contribution in [3.63, 3.8) is 0 Å². The highest BCUT2D eigenvalue weighted by atomic mass is 35.5. The first-order valence-corrected chi connectivity index (χ1v) is 6.75. The second-order valence-electron chi connectivity index (χ2n) is 4.44. The Morgan fingerprint density at radius 3 is 3.00 bits per heavy atom. The van der Waals surface area contributed by atoms with Gasteiger partial charge in [0.25, 0.3) is 0 Å². The van der Waals surface area contributed by atoms with Crippen molar-refractivity contribution in [1.82, 2.24) is 14.8 Å². The van der Waals surface area contributed by atoms with Crippen molar-refractivity contribution in [1.29, 1.82) is 0 Å². The van der Waals surface area contributed by atoms with Crippen molar-refractivity contribution < 1.29 is 9.59 Å². The summed E-state index contributed by atoms with van der Waals surface area (Å²) >= 11 is 11.8. The van der Waals surface area contributed by atoms with Crippen LogP contribution in [0, 0.1) is 0 Å². The maximum Gasteiger partial charge on any atom is 0.248 e. The van der Waals surface area contributed by atoms with E-state index >= 15 is 0 Å². The quantitative estimate of drug-likeness (QED) is 0.884. The van der Waals surface area contributed by atoms with Crippen molar-refractivity contribution in [3.05, 3.63) is 34.6 Å². The fourth-order valence-electron chi connectivity index (χ4n) is 2.04. The molecule has 1 aromatic carbocycles. The van der Waals surface area contributed by atoms with Gasteiger partial charge in [0.2, 0.25) is 17.8 Å². The van der Waals surface area contributed by atoms with Crippen LogP contribution in [0.4, 0.5) is 11.6 Å². The molecule has 1 aliphatic heterocycles. The summed E-state index contributed by atoms with van der Waals surface area (Å²) in [4.78, 5) is 23.9. The maximum absolute atomic E-state index is 12.4. The average Bonchev–Trinajstić information content (AvgIpc) is 2.88. The number of nitrogens with zero attached hydrogens (tertiary/aromatic N) is 3. The van der Waals surface area contributed by atoms with Crippen LogP contribution in [0.2, 0.25) is 10.0 Å². The van der Waals surface area contributed by atoms with Crippen molar-refractivity contribution >= 4 is 46.7 Å². The highest BCUT2D eigenvalue weighted by Gasteiger charge is 2.31.